The highest BCUT2D eigenvalue weighted by molar-refractivity contribution is 7.98. The van der Waals surface area contributed by atoms with Gasteiger partial charge >= 0.3 is 5.97 Å². The highest BCUT2D eigenvalue weighted by Crippen LogP contribution is 2.17. The van der Waals surface area contributed by atoms with Gasteiger partial charge in [0.15, 0.2) is 11.8 Å². The smallest absolute Gasteiger partial charge is 0.306 e. The monoisotopic (exact) mass is 372 g/mol. The Labute approximate surface area is 158 Å². The first kappa shape index (κ1) is 20.1. The molecule has 2 rings (SSSR count). The Morgan fingerprint density at radius 3 is 2.31 bits per heavy atom. The van der Waals surface area contributed by atoms with Crippen LogP contribution >= 0.6 is 11.8 Å². The molecule has 1 heterocycles. The molecule has 0 atom stereocenters. The van der Waals surface area contributed by atoms with Crippen LogP contribution in [0.15, 0.2) is 23.4 Å². The lowest BCUT2D eigenvalue weighted by atomic mass is 10.0. The molecule has 0 aliphatic rings. The summed E-state index contributed by atoms with van der Waals surface area (Å²) < 4.78 is 5.16. The van der Waals surface area contributed by atoms with Gasteiger partial charge in [0.25, 0.3) is 0 Å². The number of carbonyl (C=O) groups excluding carboxylic acids is 2. The zero-order valence-electron chi connectivity index (χ0n) is 15.9. The lowest BCUT2D eigenvalue weighted by molar-refractivity contribution is -0.142. The number of ether oxygens (including phenoxy) is 1. The Morgan fingerprint density at radius 1 is 1.08 bits per heavy atom. The number of thioether (sulfide) groups is 1. The number of ketones is 1. The van der Waals surface area contributed by atoms with Gasteiger partial charge in [-0.15, -0.1) is 0 Å². The van der Waals surface area contributed by atoms with Crippen LogP contribution in [0.2, 0.25) is 0 Å². The summed E-state index contributed by atoms with van der Waals surface area (Å²) in [6.45, 7) is 7.45. The molecule has 0 aliphatic carbocycles. The van der Waals surface area contributed by atoms with Gasteiger partial charge in [-0.25, -0.2) is 9.97 Å². The van der Waals surface area contributed by atoms with E-state index in [9.17, 15) is 9.59 Å². The summed E-state index contributed by atoms with van der Waals surface area (Å²) in [7, 11) is 0. The first-order valence-electron chi connectivity index (χ1n) is 8.46. The van der Waals surface area contributed by atoms with Gasteiger partial charge in [0.2, 0.25) is 5.78 Å². The number of carbonyl (C=O) groups is 2. The molecule has 0 aliphatic heterocycles. The maximum atomic E-state index is 12.2. The van der Waals surface area contributed by atoms with E-state index in [-0.39, 0.29) is 18.8 Å². The molecule has 0 spiro atoms. The Morgan fingerprint density at radius 2 is 1.73 bits per heavy atom. The average molecular weight is 372 g/mol. The van der Waals surface area contributed by atoms with E-state index in [1.807, 2.05) is 46.1 Å². The number of aromatic nitrogens is 2. The van der Waals surface area contributed by atoms with E-state index >= 15 is 0 Å². The van der Waals surface area contributed by atoms with Gasteiger partial charge in [-0.2, -0.15) is 0 Å². The van der Waals surface area contributed by atoms with E-state index in [4.69, 9.17) is 4.74 Å². The van der Waals surface area contributed by atoms with Crippen LogP contribution in [0.25, 0.3) is 0 Å². The van der Waals surface area contributed by atoms with Gasteiger partial charge in [-0.1, -0.05) is 35.5 Å². The van der Waals surface area contributed by atoms with Gasteiger partial charge < -0.3 is 4.74 Å². The highest BCUT2D eigenvalue weighted by atomic mass is 32.2. The minimum absolute atomic E-state index is 0.184. The number of esters is 1. The van der Waals surface area contributed by atoms with E-state index in [2.05, 4.69) is 9.97 Å². The molecule has 0 saturated heterocycles. The van der Waals surface area contributed by atoms with Crippen molar-refractivity contribution in [3.63, 3.8) is 0 Å². The second-order valence-corrected chi connectivity index (χ2v) is 7.04. The normalized spacial score (nSPS) is 10.7. The number of nitrogens with zero attached hydrogens (tertiary/aromatic N) is 2. The van der Waals surface area contributed by atoms with Crippen molar-refractivity contribution in [2.75, 3.05) is 12.9 Å². The van der Waals surface area contributed by atoms with Crippen LogP contribution in [0.1, 0.15) is 44.9 Å². The third-order valence-corrected chi connectivity index (χ3v) is 4.76. The number of rotatable bonds is 7. The fourth-order valence-electron chi connectivity index (χ4n) is 2.81. The Bertz CT molecular complexity index is 811. The Hall–Kier alpha value is -2.21. The van der Waals surface area contributed by atoms with Crippen molar-refractivity contribution in [1.82, 2.24) is 9.97 Å². The molecule has 0 amide bonds. The van der Waals surface area contributed by atoms with Crippen molar-refractivity contribution in [3.8, 4) is 0 Å². The molecule has 1 aromatic heterocycles. The summed E-state index contributed by atoms with van der Waals surface area (Å²) >= 11 is 1.49. The third kappa shape index (κ3) is 5.14. The average Bonchev–Trinajstić information content (AvgIpc) is 2.58. The minimum atomic E-state index is -0.393. The lowest BCUT2D eigenvalue weighted by Gasteiger charge is -2.10. The van der Waals surface area contributed by atoms with Crippen LogP contribution < -0.4 is 0 Å². The van der Waals surface area contributed by atoms with Crippen molar-refractivity contribution in [1.29, 1.82) is 0 Å². The quantitative estimate of drug-likeness (QED) is 0.319. The van der Waals surface area contributed by atoms with Crippen LogP contribution in [0.4, 0.5) is 0 Å². The molecule has 6 heteroatoms. The van der Waals surface area contributed by atoms with Crippen LogP contribution in [-0.2, 0) is 16.0 Å². The number of Topliss-reactive ketones (excluding diaryl/α,β-unsaturated/α-hetero) is 1. The molecule has 5 nitrogen and oxygen atoms in total. The maximum absolute atomic E-state index is 12.2. The predicted octanol–water partition coefficient (Wildman–Crippen LogP) is 3.79. The summed E-state index contributed by atoms with van der Waals surface area (Å²) in [5, 5.41) is 0.727. The summed E-state index contributed by atoms with van der Waals surface area (Å²) in [5.74, 6) is -0.577. The van der Waals surface area contributed by atoms with Crippen molar-refractivity contribution < 1.29 is 14.3 Å². The third-order valence-electron chi connectivity index (χ3n) is 4.21. The molecule has 2 aromatic rings. The zero-order valence-corrected chi connectivity index (χ0v) is 16.7. The molecule has 0 saturated carbocycles. The number of benzene rings is 1. The standard InChI is InChI=1S/C20H24N2O3S/c1-12-6-7-16(13(2)10-12)18(23)11-25-19(24)9-8-17-14(3)21-20(26-5)22-15(17)4/h6-7,10H,8-9,11H2,1-5H3. The van der Waals surface area contributed by atoms with Gasteiger partial charge in [0.05, 0.1) is 0 Å². The fraction of sp³-hybridized carbons (Fsp3) is 0.400. The molecular formula is C20H24N2O3S. The molecule has 26 heavy (non-hydrogen) atoms. The Balaban J connectivity index is 1.90. The van der Waals surface area contributed by atoms with Gasteiger partial charge in [0, 0.05) is 23.4 Å². The molecule has 0 radical (unpaired) electrons. The topological polar surface area (TPSA) is 69.2 Å². The molecule has 0 N–H and O–H groups in total. The summed E-state index contributed by atoms with van der Waals surface area (Å²) in [6.07, 6.45) is 2.63. The molecule has 0 unspecified atom stereocenters. The SMILES string of the molecule is CSc1nc(C)c(CCC(=O)OCC(=O)c2ccc(C)cc2C)c(C)n1. The van der Waals surface area contributed by atoms with E-state index in [1.54, 1.807) is 6.07 Å². The van der Waals surface area contributed by atoms with E-state index in [1.165, 1.54) is 11.8 Å². The highest BCUT2D eigenvalue weighted by Gasteiger charge is 2.14. The van der Waals surface area contributed by atoms with Crippen LogP contribution in [0, 0.1) is 27.7 Å². The van der Waals surface area contributed by atoms with Crippen LogP contribution in [0.5, 0.6) is 0 Å². The van der Waals surface area contributed by atoms with E-state index in [0.717, 1.165) is 33.2 Å². The first-order valence-corrected chi connectivity index (χ1v) is 9.68. The first-order chi connectivity index (χ1) is 12.3. The number of aryl methyl sites for hydroxylation is 4. The molecule has 0 fully saturated rings. The number of hydrogen-bond acceptors (Lipinski definition) is 6. The van der Waals surface area contributed by atoms with Crippen molar-refractivity contribution in [2.24, 2.45) is 0 Å². The van der Waals surface area contributed by atoms with Gasteiger partial charge in [0.1, 0.15) is 0 Å². The zero-order chi connectivity index (χ0) is 19.3. The second kappa shape index (κ2) is 8.94. The van der Waals surface area contributed by atoms with Gasteiger partial charge in [-0.3, -0.25) is 9.59 Å². The van der Waals surface area contributed by atoms with Crippen molar-refractivity contribution in [2.45, 2.75) is 45.7 Å². The van der Waals surface area contributed by atoms with Crippen molar-refractivity contribution in [3.05, 3.63) is 51.8 Å². The molecule has 138 valence electrons. The summed E-state index contributed by atoms with van der Waals surface area (Å²) in [6, 6.07) is 5.60. The van der Waals surface area contributed by atoms with E-state index in [0.29, 0.717) is 12.0 Å². The van der Waals surface area contributed by atoms with Gasteiger partial charge in [-0.05, 0) is 51.5 Å². The maximum Gasteiger partial charge on any atom is 0.306 e. The summed E-state index contributed by atoms with van der Waals surface area (Å²) in [5.41, 5.74) is 5.29. The second-order valence-electron chi connectivity index (χ2n) is 6.26. The molecular weight excluding hydrogens is 348 g/mol. The number of hydrogen-bond donors (Lipinski definition) is 0. The molecule has 0 bridgehead atoms. The largest absolute Gasteiger partial charge is 0.457 e. The Kier molecular flexibility index (Phi) is 6.91. The fourth-order valence-corrected chi connectivity index (χ4v) is 3.27. The van der Waals surface area contributed by atoms with E-state index < -0.39 is 5.97 Å². The summed E-state index contributed by atoms with van der Waals surface area (Å²) in [4.78, 5) is 33.1. The van der Waals surface area contributed by atoms with Crippen LogP contribution in [-0.4, -0.2) is 34.6 Å². The predicted molar refractivity (Wildman–Crippen MR) is 103 cm³/mol. The van der Waals surface area contributed by atoms with Crippen LogP contribution in [0.3, 0.4) is 0 Å². The molecule has 1 aromatic carbocycles. The van der Waals surface area contributed by atoms with Crippen molar-refractivity contribution >= 4 is 23.5 Å². The minimum Gasteiger partial charge on any atom is -0.457 e. The lowest BCUT2D eigenvalue weighted by Crippen LogP contribution is -2.16.